The number of hydrogen-bond acceptors (Lipinski definition) is 4. The van der Waals surface area contributed by atoms with Gasteiger partial charge in [0.05, 0.1) is 21.3 Å². The normalized spacial score (nSPS) is 15.6. The minimum atomic E-state index is -0.305. The first-order valence-corrected chi connectivity index (χ1v) is 10.2. The molecule has 0 unspecified atom stereocenters. The molecule has 1 aliphatic heterocycles. The van der Waals surface area contributed by atoms with Crippen LogP contribution in [0.15, 0.2) is 70.7 Å². The smallest absolute Gasteiger partial charge is 0.255 e. The van der Waals surface area contributed by atoms with Gasteiger partial charge in [0, 0.05) is 23.1 Å². The van der Waals surface area contributed by atoms with Crippen LogP contribution in [0.3, 0.4) is 0 Å². The number of aromatic hydroxyl groups is 1. The molecule has 2 aromatic carbocycles. The third kappa shape index (κ3) is 4.72. The zero-order chi connectivity index (χ0) is 20.3. The summed E-state index contributed by atoms with van der Waals surface area (Å²) >= 11 is 8.06. The number of benzene rings is 2. The van der Waals surface area contributed by atoms with Gasteiger partial charge in [-0.2, -0.15) is 0 Å². The van der Waals surface area contributed by atoms with E-state index in [-0.39, 0.29) is 22.6 Å². The van der Waals surface area contributed by atoms with Crippen molar-refractivity contribution in [2.75, 3.05) is 11.4 Å². The van der Waals surface area contributed by atoms with Gasteiger partial charge in [-0.3, -0.25) is 4.79 Å². The van der Waals surface area contributed by atoms with E-state index in [0.29, 0.717) is 11.6 Å². The summed E-state index contributed by atoms with van der Waals surface area (Å²) in [6.07, 6.45) is 4.20. The van der Waals surface area contributed by atoms with Crippen molar-refractivity contribution in [3.63, 3.8) is 0 Å². The second-order valence-electron chi connectivity index (χ2n) is 7.33. The maximum Gasteiger partial charge on any atom is 0.255 e. The number of hydrogen-bond donors (Lipinski definition) is 2. The molecule has 2 N–H and O–H groups in total. The Morgan fingerprint density at radius 2 is 1.89 bits per heavy atom. The molecule has 0 atom stereocenters. The molecule has 0 saturated carbocycles. The predicted octanol–water partition coefficient (Wildman–Crippen LogP) is 5.76. The molecule has 1 heterocycles. The molecule has 0 aromatic heterocycles. The van der Waals surface area contributed by atoms with Gasteiger partial charge in [-0.05, 0) is 37.3 Å². The van der Waals surface area contributed by atoms with E-state index in [2.05, 4.69) is 43.3 Å². The molecule has 0 spiro atoms. The molecule has 0 radical (unpaired) electrons. The molecule has 0 fully saturated rings. The number of thioether (sulfide) groups is 1. The van der Waals surface area contributed by atoms with E-state index >= 15 is 0 Å². The van der Waals surface area contributed by atoms with E-state index in [1.165, 1.54) is 11.0 Å². The first-order chi connectivity index (χ1) is 13.3. The summed E-state index contributed by atoms with van der Waals surface area (Å²) in [4.78, 5) is 15.6. The molecule has 146 valence electrons. The number of carbonyl (C=O) groups is 1. The lowest BCUT2D eigenvalue weighted by Crippen LogP contribution is -2.33. The highest BCUT2D eigenvalue weighted by atomic mass is 35.5. The SMILES string of the molecule is CC1=CN(c2ccccc2Cl)C(=CC(C)(C)CNC(=O)c2ccccc2O)S1. The van der Waals surface area contributed by atoms with Crippen LogP contribution in [0.4, 0.5) is 5.69 Å². The summed E-state index contributed by atoms with van der Waals surface area (Å²) in [6.45, 7) is 6.61. The van der Waals surface area contributed by atoms with Gasteiger partial charge in [-0.1, -0.05) is 61.5 Å². The van der Waals surface area contributed by atoms with Crippen LogP contribution in [0.2, 0.25) is 5.02 Å². The lowest BCUT2D eigenvalue weighted by Gasteiger charge is -2.25. The van der Waals surface area contributed by atoms with Crippen molar-refractivity contribution in [3.8, 4) is 5.75 Å². The van der Waals surface area contributed by atoms with Gasteiger partial charge in [0.15, 0.2) is 0 Å². The minimum absolute atomic E-state index is 0.0211. The van der Waals surface area contributed by atoms with Gasteiger partial charge in [0.2, 0.25) is 0 Å². The van der Waals surface area contributed by atoms with Crippen molar-refractivity contribution in [3.05, 3.63) is 81.3 Å². The van der Waals surface area contributed by atoms with Gasteiger partial charge in [0.25, 0.3) is 5.91 Å². The Hall–Kier alpha value is -2.37. The Morgan fingerprint density at radius 1 is 1.21 bits per heavy atom. The average Bonchev–Trinajstić information content (AvgIpc) is 3.00. The molecule has 1 amide bonds. The molecule has 4 nitrogen and oxygen atoms in total. The molecule has 1 aliphatic rings. The fourth-order valence-corrected chi connectivity index (χ4v) is 4.22. The van der Waals surface area contributed by atoms with E-state index < -0.39 is 0 Å². The third-order valence-electron chi connectivity index (χ3n) is 4.29. The number of amides is 1. The van der Waals surface area contributed by atoms with Crippen LogP contribution >= 0.6 is 23.4 Å². The van der Waals surface area contributed by atoms with E-state index in [9.17, 15) is 9.90 Å². The van der Waals surface area contributed by atoms with Gasteiger partial charge >= 0.3 is 0 Å². The second kappa shape index (κ2) is 8.33. The van der Waals surface area contributed by atoms with Crippen molar-refractivity contribution < 1.29 is 9.90 Å². The fourth-order valence-electron chi connectivity index (χ4n) is 2.87. The highest BCUT2D eigenvalue weighted by Crippen LogP contribution is 2.43. The zero-order valence-corrected chi connectivity index (χ0v) is 17.6. The quantitative estimate of drug-likeness (QED) is 0.653. The van der Waals surface area contributed by atoms with Crippen LogP contribution in [0.5, 0.6) is 5.75 Å². The first kappa shape index (κ1) is 20.4. The first-order valence-electron chi connectivity index (χ1n) is 8.96. The maximum absolute atomic E-state index is 12.4. The number of carbonyl (C=O) groups excluding carboxylic acids is 1. The number of rotatable bonds is 5. The summed E-state index contributed by atoms with van der Waals surface area (Å²) in [5.41, 5.74) is 0.894. The number of phenols is 1. The van der Waals surface area contributed by atoms with Crippen molar-refractivity contribution in [2.45, 2.75) is 20.8 Å². The van der Waals surface area contributed by atoms with E-state index in [4.69, 9.17) is 11.6 Å². The van der Waals surface area contributed by atoms with Gasteiger partial charge < -0.3 is 15.3 Å². The van der Waals surface area contributed by atoms with Crippen LogP contribution in [0.25, 0.3) is 0 Å². The summed E-state index contributed by atoms with van der Waals surface area (Å²) in [5.74, 6) is -0.312. The maximum atomic E-state index is 12.4. The number of para-hydroxylation sites is 2. The molecule has 3 rings (SSSR count). The molecule has 0 bridgehead atoms. The van der Waals surface area contributed by atoms with Crippen LogP contribution < -0.4 is 10.2 Å². The van der Waals surface area contributed by atoms with Crippen molar-refractivity contribution in [2.24, 2.45) is 5.41 Å². The summed E-state index contributed by atoms with van der Waals surface area (Å²) in [7, 11) is 0. The minimum Gasteiger partial charge on any atom is -0.507 e. The molecule has 2 aromatic rings. The molecule has 0 aliphatic carbocycles. The Balaban J connectivity index is 1.76. The molecular formula is C22H23ClN2O2S. The Morgan fingerprint density at radius 3 is 2.61 bits per heavy atom. The molecule has 28 heavy (non-hydrogen) atoms. The van der Waals surface area contributed by atoms with Crippen molar-refractivity contribution >= 4 is 35.0 Å². The number of halogens is 1. The Bertz CT molecular complexity index is 953. The molecule has 0 saturated heterocycles. The van der Waals surface area contributed by atoms with Crippen molar-refractivity contribution in [1.29, 1.82) is 0 Å². The van der Waals surface area contributed by atoms with Crippen LogP contribution in [-0.4, -0.2) is 17.6 Å². The predicted molar refractivity (Wildman–Crippen MR) is 118 cm³/mol. The topological polar surface area (TPSA) is 52.6 Å². The third-order valence-corrected chi connectivity index (χ3v) is 5.56. The van der Waals surface area contributed by atoms with Crippen LogP contribution in [0.1, 0.15) is 31.1 Å². The largest absolute Gasteiger partial charge is 0.507 e. The van der Waals surface area contributed by atoms with Crippen molar-refractivity contribution in [1.82, 2.24) is 5.32 Å². The highest BCUT2D eigenvalue weighted by molar-refractivity contribution is 8.07. The molecule has 6 heteroatoms. The number of allylic oxidation sites excluding steroid dienone is 1. The Kier molecular flexibility index (Phi) is 6.06. The van der Waals surface area contributed by atoms with E-state index in [0.717, 1.165) is 10.7 Å². The monoisotopic (exact) mass is 414 g/mol. The lowest BCUT2D eigenvalue weighted by atomic mass is 9.93. The average molecular weight is 415 g/mol. The number of phenolic OH excluding ortho intramolecular Hbond substituents is 1. The Labute approximate surface area is 174 Å². The number of anilines is 1. The second-order valence-corrected chi connectivity index (χ2v) is 9.01. The van der Waals surface area contributed by atoms with E-state index in [1.54, 1.807) is 30.0 Å². The van der Waals surface area contributed by atoms with Gasteiger partial charge in [0.1, 0.15) is 5.75 Å². The summed E-state index contributed by atoms with van der Waals surface area (Å²) in [6, 6.07) is 14.3. The number of nitrogens with zero attached hydrogens (tertiary/aromatic N) is 1. The van der Waals surface area contributed by atoms with Crippen LogP contribution in [-0.2, 0) is 0 Å². The standard InChI is InChI=1S/C22H23ClN2O2S/c1-15-13-25(18-10-6-5-9-17(18)23)20(28-15)12-22(2,3)14-24-21(27)16-8-4-7-11-19(16)26/h4-13,26H,14H2,1-3H3,(H,24,27). The van der Waals surface area contributed by atoms with E-state index in [1.807, 2.05) is 24.3 Å². The lowest BCUT2D eigenvalue weighted by molar-refractivity contribution is 0.0940. The molecular weight excluding hydrogens is 392 g/mol. The zero-order valence-electron chi connectivity index (χ0n) is 16.1. The summed E-state index contributed by atoms with van der Waals surface area (Å²) in [5, 5.41) is 14.5. The number of nitrogens with one attached hydrogen (secondary N) is 1. The van der Waals surface area contributed by atoms with Crippen LogP contribution in [0, 0.1) is 5.41 Å². The van der Waals surface area contributed by atoms with Gasteiger partial charge in [-0.15, -0.1) is 0 Å². The highest BCUT2D eigenvalue weighted by Gasteiger charge is 2.25. The summed E-state index contributed by atoms with van der Waals surface area (Å²) < 4.78 is 0. The fraction of sp³-hybridized carbons (Fsp3) is 0.227. The van der Waals surface area contributed by atoms with Gasteiger partial charge in [-0.25, -0.2) is 0 Å².